The molecule has 0 amide bonds. The van der Waals surface area contributed by atoms with E-state index in [1.54, 1.807) is 11.3 Å². The molecule has 0 unspecified atom stereocenters. The molecule has 0 radical (unpaired) electrons. The number of hydrogen-bond donors (Lipinski definition) is 2. The highest BCUT2D eigenvalue weighted by molar-refractivity contribution is 9.10. The zero-order valence-electron chi connectivity index (χ0n) is 13.8. The van der Waals surface area contributed by atoms with E-state index < -0.39 is 0 Å². The molecule has 3 rings (SSSR count). The second kappa shape index (κ2) is 8.94. The fraction of sp³-hybridized carbons (Fsp3) is 0.150. The van der Waals surface area contributed by atoms with Gasteiger partial charge in [0.2, 0.25) is 0 Å². The van der Waals surface area contributed by atoms with Crippen molar-refractivity contribution in [2.45, 2.75) is 13.0 Å². The van der Waals surface area contributed by atoms with Crippen LogP contribution in [0.4, 0.5) is 5.69 Å². The van der Waals surface area contributed by atoms with Crippen LogP contribution in [0.5, 0.6) is 0 Å². The third-order valence-corrected chi connectivity index (χ3v) is 5.49. The number of rotatable bonds is 7. The largest absolute Gasteiger partial charge is 0.383 e. The Kier molecular flexibility index (Phi) is 6.39. The molecule has 25 heavy (non-hydrogen) atoms. The van der Waals surface area contributed by atoms with E-state index in [0.29, 0.717) is 5.84 Å². The van der Waals surface area contributed by atoms with Gasteiger partial charge in [0.05, 0.1) is 10.6 Å². The van der Waals surface area contributed by atoms with E-state index in [-0.39, 0.29) is 0 Å². The highest BCUT2D eigenvalue weighted by atomic mass is 79.9. The Morgan fingerprint density at radius 3 is 2.56 bits per heavy atom. The quantitative estimate of drug-likeness (QED) is 0.329. The first-order valence-electron chi connectivity index (χ1n) is 8.13. The molecule has 3 nitrogen and oxygen atoms in total. The zero-order valence-corrected chi connectivity index (χ0v) is 16.2. The third kappa shape index (κ3) is 5.26. The number of aliphatic imine (C=N–C) groups is 1. The predicted octanol–water partition coefficient (Wildman–Crippen LogP) is 4.88. The molecule has 3 aromatic rings. The van der Waals surface area contributed by atoms with Crippen molar-refractivity contribution in [1.29, 1.82) is 0 Å². The molecular weight excluding hydrogens is 394 g/mol. The van der Waals surface area contributed by atoms with Crippen LogP contribution in [0.1, 0.15) is 16.0 Å². The number of hydrogen-bond acceptors (Lipinski definition) is 3. The van der Waals surface area contributed by atoms with Crippen LogP contribution in [-0.4, -0.2) is 12.4 Å². The molecule has 0 spiro atoms. The highest BCUT2D eigenvalue weighted by Gasteiger charge is 2.01. The Morgan fingerprint density at radius 2 is 1.84 bits per heavy atom. The van der Waals surface area contributed by atoms with Gasteiger partial charge in [0, 0.05) is 11.0 Å². The second-order valence-corrected chi connectivity index (χ2v) is 7.46. The molecular formula is C20H20BrN3S. The summed E-state index contributed by atoms with van der Waals surface area (Å²) in [5.41, 5.74) is 9.47. The number of nitrogens with two attached hydrogens (primary N) is 1. The number of benzene rings is 2. The van der Waals surface area contributed by atoms with Gasteiger partial charge in [0.15, 0.2) is 0 Å². The van der Waals surface area contributed by atoms with Crippen LogP contribution in [0.3, 0.4) is 0 Å². The standard InChI is InChI=1S/C20H20BrN3S/c21-18-5-2-1-4-16(18)14-23-12-11-15-7-9-17(10-8-15)24-20(22)19-6-3-13-25-19/h1-10,13,23H,11-12,14H2,(H2,22,24). The Balaban J connectivity index is 1.49. The van der Waals surface area contributed by atoms with Gasteiger partial charge < -0.3 is 11.1 Å². The van der Waals surface area contributed by atoms with Crippen LogP contribution in [0.2, 0.25) is 0 Å². The Morgan fingerprint density at radius 1 is 1.04 bits per heavy atom. The summed E-state index contributed by atoms with van der Waals surface area (Å²) in [6.45, 7) is 1.79. The fourth-order valence-corrected chi connectivity index (χ4v) is 3.51. The van der Waals surface area contributed by atoms with Gasteiger partial charge in [0.1, 0.15) is 5.84 Å². The van der Waals surface area contributed by atoms with Crippen LogP contribution in [0.25, 0.3) is 0 Å². The third-order valence-electron chi connectivity index (χ3n) is 3.82. The molecule has 0 aliphatic rings. The predicted molar refractivity (Wildman–Crippen MR) is 111 cm³/mol. The maximum Gasteiger partial charge on any atom is 0.141 e. The fourth-order valence-electron chi connectivity index (χ4n) is 2.45. The molecule has 3 N–H and O–H groups in total. The molecule has 1 heterocycles. The lowest BCUT2D eigenvalue weighted by atomic mass is 10.1. The molecule has 1 aromatic heterocycles. The molecule has 0 bridgehead atoms. The van der Waals surface area contributed by atoms with E-state index in [1.807, 2.05) is 35.7 Å². The normalized spacial score (nSPS) is 11.6. The van der Waals surface area contributed by atoms with E-state index in [9.17, 15) is 0 Å². The van der Waals surface area contributed by atoms with Gasteiger partial charge in [-0.25, -0.2) is 4.99 Å². The van der Waals surface area contributed by atoms with Crippen molar-refractivity contribution in [2.75, 3.05) is 6.54 Å². The van der Waals surface area contributed by atoms with Crippen LogP contribution < -0.4 is 11.1 Å². The Labute approximate surface area is 160 Å². The molecule has 0 saturated carbocycles. The summed E-state index contributed by atoms with van der Waals surface area (Å²) in [4.78, 5) is 5.47. The van der Waals surface area contributed by atoms with Gasteiger partial charge in [0.25, 0.3) is 0 Å². The monoisotopic (exact) mass is 413 g/mol. The molecule has 128 valence electrons. The smallest absolute Gasteiger partial charge is 0.141 e. The minimum Gasteiger partial charge on any atom is -0.383 e. The zero-order chi connectivity index (χ0) is 17.5. The Hall–Kier alpha value is -1.95. The van der Waals surface area contributed by atoms with Crippen molar-refractivity contribution in [2.24, 2.45) is 10.7 Å². The number of amidine groups is 1. The topological polar surface area (TPSA) is 50.4 Å². The van der Waals surface area contributed by atoms with Crippen molar-refractivity contribution in [1.82, 2.24) is 5.32 Å². The van der Waals surface area contributed by atoms with Crippen LogP contribution in [0.15, 0.2) is 75.5 Å². The first kappa shape index (κ1) is 17.9. The van der Waals surface area contributed by atoms with Crippen molar-refractivity contribution in [3.8, 4) is 0 Å². The molecule has 5 heteroatoms. The minimum absolute atomic E-state index is 0.567. The van der Waals surface area contributed by atoms with Gasteiger partial charge >= 0.3 is 0 Å². The van der Waals surface area contributed by atoms with Gasteiger partial charge in [-0.1, -0.05) is 52.3 Å². The van der Waals surface area contributed by atoms with E-state index >= 15 is 0 Å². The lowest BCUT2D eigenvalue weighted by Gasteiger charge is -2.07. The van der Waals surface area contributed by atoms with E-state index in [1.165, 1.54) is 11.1 Å². The van der Waals surface area contributed by atoms with Crippen LogP contribution in [0, 0.1) is 0 Å². The van der Waals surface area contributed by atoms with Gasteiger partial charge in [-0.15, -0.1) is 11.3 Å². The number of nitrogens with zero attached hydrogens (tertiary/aromatic N) is 1. The second-order valence-electron chi connectivity index (χ2n) is 5.66. The molecule has 2 aromatic carbocycles. The van der Waals surface area contributed by atoms with Gasteiger partial charge in [-0.05, 0) is 53.7 Å². The maximum absolute atomic E-state index is 6.02. The summed E-state index contributed by atoms with van der Waals surface area (Å²) >= 11 is 5.17. The van der Waals surface area contributed by atoms with E-state index in [4.69, 9.17) is 5.73 Å². The first-order chi connectivity index (χ1) is 12.2. The van der Waals surface area contributed by atoms with E-state index in [0.717, 1.165) is 34.5 Å². The number of nitrogens with one attached hydrogen (secondary N) is 1. The average molecular weight is 414 g/mol. The molecule has 0 atom stereocenters. The summed E-state index contributed by atoms with van der Waals surface area (Å²) in [5.74, 6) is 0.567. The van der Waals surface area contributed by atoms with Crippen LogP contribution in [-0.2, 0) is 13.0 Å². The lowest BCUT2D eigenvalue weighted by molar-refractivity contribution is 0.685. The minimum atomic E-state index is 0.567. The molecule has 0 aliphatic heterocycles. The molecule has 0 saturated heterocycles. The first-order valence-corrected chi connectivity index (χ1v) is 9.81. The Bertz CT molecular complexity index is 826. The highest BCUT2D eigenvalue weighted by Crippen LogP contribution is 2.17. The van der Waals surface area contributed by atoms with Gasteiger partial charge in [-0.3, -0.25) is 0 Å². The van der Waals surface area contributed by atoms with Crippen molar-refractivity contribution >= 4 is 38.8 Å². The number of thiophene rings is 1. The summed E-state index contributed by atoms with van der Waals surface area (Å²) < 4.78 is 1.15. The summed E-state index contributed by atoms with van der Waals surface area (Å²) in [7, 11) is 0. The summed E-state index contributed by atoms with van der Waals surface area (Å²) in [6.07, 6.45) is 0.981. The van der Waals surface area contributed by atoms with Crippen molar-refractivity contribution in [3.05, 3.63) is 86.5 Å². The average Bonchev–Trinajstić information content (AvgIpc) is 3.16. The lowest BCUT2D eigenvalue weighted by Crippen LogP contribution is -2.16. The van der Waals surface area contributed by atoms with E-state index in [2.05, 4.69) is 56.6 Å². The summed E-state index contributed by atoms with van der Waals surface area (Å²) in [6, 6.07) is 20.5. The van der Waals surface area contributed by atoms with Crippen molar-refractivity contribution in [3.63, 3.8) is 0 Å². The summed E-state index contributed by atoms with van der Waals surface area (Å²) in [5, 5.41) is 5.48. The van der Waals surface area contributed by atoms with Gasteiger partial charge in [-0.2, -0.15) is 0 Å². The van der Waals surface area contributed by atoms with Crippen LogP contribution >= 0.6 is 27.3 Å². The molecule has 0 aliphatic carbocycles. The number of halogens is 1. The molecule has 0 fully saturated rings. The van der Waals surface area contributed by atoms with Crippen molar-refractivity contribution < 1.29 is 0 Å². The maximum atomic E-state index is 6.02. The SMILES string of the molecule is NC(=Nc1ccc(CCNCc2ccccc2Br)cc1)c1cccs1.